The summed E-state index contributed by atoms with van der Waals surface area (Å²) in [5.74, 6) is -6.17. The zero-order valence-electron chi connectivity index (χ0n) is 18.9. The van der Waals surface area contributed by atoms with Crippen molar-refractivity contribution in [3.8, 4) is 5.75 Å². The van der Waals surface area contributed by atoms with E-state index in [0.717, 1.165) is 12.0 Å². The van der Waals surface area contributed by atoms with Crippen molar-refractivity contribution >= 4 is 17.5 Å². The second kappa shape index (κ2) is 8.23. The smallest absolute Gasteiger partial charge is 0.230 e. The van der Waals surface area contributed by atoms with Gasteiger partial charge in [0.25, 0.3) is 0 Å². The van der Waals surface area contributed by atoms with Gasteiger partial charge in [-0.3, -0.25) is 14.4 Å². The Balaban J connectivity index is 1.88. The van der Waals surface area contributed by atoms with Gasteiger partial charge in [0.15, 0.2) is 17.2 Å². The molecule has 1 aromatic rings. The highest BCUT2D eigenvalue weighted by atomic mass is 16.5. The number of carbonyl (C=O) groups excluding carboxylic acids is 3. The fraction of sp³-hybridized carbons (Fsp3) is 0.542. The molecule has 0 bridgehead atoms. The number of Topliss-reactive ketones (excluding diaryl/α,β-unsaturated/α-hetero) is 2. The van der Waals surface area contributed by atoms with Crippen LogP contribution >= 0.6 is 0 Å². The molecule has 9 nitrogen and oxygen atoms in total. The minimum Gasteiger partial charge on any atom is -0.508 e. The highest BCUT2D eigenvalue weighted by Gasteiger charge is 2.66. The number of nitrogens with zero attached hydrogens (tertiary/aromatic N) is 1. The fourth-order valence-electron chi connectivity index (χ4n) is 5.86. The Kier molecular flexibility index (Phi) is 5.84. The predicted molar refractivity (Wildman–Crippen MR) is 118 cm³/mol. The summed E-state index contributed by atoms with van der Waals surface area (Å²) in [5, 5.41) is 33.7. The Bertz CT molecular complexity index is 1050. The molecule has 5 N–H and O–H groups in total. The third-order valence-corrected chi connectivity index (χ3v) is 7.28. The molecular formula is C24H30N2O7. The van der Waals surface area contributed by atoms with Crippen molar-refractivity contribution in [1.29, 1.82) is 0 Å². The maximum absolute atomic E-state index is 13.6. The predicted octanol–water partition coefficient (Wildman–Crippen LogP) is 0.369. The maximum atomic E-state index is 13.6. The number of fused-ring (bicyclic) bond motifs is 3. The quantitative estimate of drug-likeness (QED) is 0.462. The van der Waals surface area contributed by atoms with E-state index >= 15 is 0 Å². The van der Waals surface area contributed by atoms with Crippen LogP contribution in [0.3, 0.4) is 0 Å². The normalized spacial score (nSPS) is 33.5. The van der Waals surface area contributed by atoms with Gasteiger partial charge >= 0.3 is 0 Å². The Morgan fingerprint density at radius 1 is 1.30 bits per heavy atom. The average molecular weight is 459 g/mol. The summed E-state index contributed by atoms with van der Waals surface area (Å²) in [7, 11) is 3.30. The van der Waals surface area contributed by atoms with E-state index in [1.54, 1.807) is 31.1 Å². The molecule has 2 unspecified atom stereocenters. The molecule has 0 aliphatic heterocycles. The lowest BCUT2D eigenvalue weighted by Crippen LogP contribution is -2.71. The number of nitrogens with two attached hydrogens (primary N) is 1. The molecule has 9 heteroatoms. The highest BCUT2D eigenvalue weighted by Crippen LogP contribution is 2.52. The molecule has 3 aliphatic carbocycles. The summed E-state index contributed by atoms with van der Waals surface area (Å²) in [6, 6.07) is 4.47. The van der Waals surface area contributed by atoms with E-state index in [1.165, 1.54) is 0 Å². The molecule has 0 spiro atoms. The van der Waals surface area contributed by atoms with Crippen molar-refractivity contribution < 1.29 is 34.4 Å². The maximum Gasteiger partial charge on any atom is 0.230 e. The number of aliphatic hydroxyl groups excluding tert-OH is 2. The van der Waals surface area contributed by atoms with Gasteiger partial charge in [-0.25, -0.2) is 0 Å². The Hall–Kier alpha value is -2.75. The van der Waals surface area contributed by atoms with E-state index in [2.05, 4.69) is 0 Å². The van der Waals surface area contributed by atoms with Crippen LogP contribution in [0, 0.1) is 17.8 Å². The first-order valence-electron chi connectivity index (χ1n) is 11.2. The molecule has 0 radical (unpaired) electrons. The molecule has 4 rings (SSSR count). The first-order valence-corrected chi connectivity index (χ1v) is 11.2. The Labute approximate surface area is 191 Å². The number of rotatable bonds is 5. The van der Waals surface area contributed by atoms with Gasteiger partial charge in [0.05, 0.1) is 18.3 Å². The van der Waals surface area contributed by atoms with Gasteiger partial charge in [-0.1, -0.05) is 19.1 Å². The number of ketones is 2. The third-order valence-electron chi connectivity index (χ3n) is 7.28. The molecule has 178 valence electrons. The molecule has 6 atom stereocenters. The standard InChI is InChI=1S/C24H30N2O7/c1-4-8-33-14-7-5-6-11-9-12-10-13-18(26(2)3)20(28)17(23(25)31)22(30)24(13,32)21(29)16(12)19(27)15(11)14/h5-7,12-13,17-18,20,28-29,32H,4,8-10H2,1-3H3,(H2,25,31)/t12-,13-,17?,18-,20?,24-/m0/s1. The largest absolute Gasteiger partial charge is 0.508 e. The van der Waals surface area contributed by atoms with Gasteiger partial charge in [0.2, 0.25) is 5.91 Å². The first-order chi connectivity index (χ1) is 15.5. The average Bonchev–Trinajstić information content (AvgIpc) is 2.74. The number of carbonyl (C=O) groups is 3. The molecule has 1 aromatic carbocycles. The van der Waals surface area contributed by atoms with Crippen LogP contribution in [0.25, 0.3) is 0 Å². The van der Waals surface area contributed by atoms with Crippen LogP contribution in [0.5, 0.6) is 5.75 Å². The zero-order chi connectivity index (χ0) is 24.2. The van der Waals surface area contributed by atoms with Crippen LogP contribution in [-0.4, -0.2) is 76.1 Å². The second-order valence-corrected chi connectivity index (χ2v) is 9.43. The minimum absolute atomic E-state index is 0.0423. The van der Waals surface area contributed by atoms with Crippen LogP contribution < -0.4 is 10.5 Å². The Morgan fingerprint density at radius 2 is 2.00 bits per heavy atom. The number of aliphatic hydroxyl groups is 3. The molecule has 1 amide bonds. The van der Waals surface area contributed by atoms with E-state index < -0.39 is 58.7 Å². The summed E-state index contributed by atoms with van der Waals surface area (Å²) in [4.78, 5) is 40.5. The van der Waals surface area contributed by atoms with E-state index in [4.69, 9.17) is 10.5 Å². The van der Waals surface area contributed by atoms with E-state index in [-0.39, 0.29) is 12.0 Å². The lowest BCUT2D eigenvalue weighted by Gasteiger charge is -2.53. The van der Waals surface area contributed by atoms with Crippen LogP contribution in [0.4, 0.5) is 0 Å². The Morgan fingerprint density at radius 3 is 2.61 bits per heavy atom. The first kappa shape index (κ1) is 23.4. The molecule has 1 saturated carbocycles. The number of hydrogen-bond acceptors (Lipinski definition) is 8. The van der Waals surface area contributed by atoms with Gasteiger partial charge in [-0.05, 0) is 50.9 Å². The fourth-order valence-corrected chi connectivity index (χ4v) is 5.86. The second-order valence-electron chi connectivity index (χ2n) is 9.43. The summed E-state index contributed by atoms with van der Waals surface area (Å²) in [6.07, 6.45) is -0.143. The topological polar surface area (TPSA) is 150 Å². The molecule has 0 saturated heterocycles. The number of hydrogen-bond donors (Lipinski definition) is 4. The monoisotopic (exact) mass is 458 g/mol. The third kappa shape index (κ3) is 3.29. The summed E-state index contributed by atoms with van der Waals surface area (Å²) in [5.41, 5.74) is 3.92. The number of benzene rings is 1. The summed E-state index contributed by atoms with van der Waals surface area (Å²) < 4.78 is 5.75. The van der Waals surface area contributed by atoms with Crippen molar-refractivity contribution in [3.05, 3.63) is 40.7 Å². The van der Waals surface area contributed by atoms with Crippen LogP contribution in [-0.2, 0) is 16.0 Å². The van der Waals surface area contributed by atoms with Gasteiger partial charge < -0.3 is 30.7 Å². The number of allylic oxidation sites excluding steroid dienone is 1. The summed E-state index contributed by atoms with van der Waals surface area (Å²) >= 11 is 0. The minimum atomic E-state index is -2.51. The molecule has 3 aliphatic rings. The van der Waals surface area contributed by atoms with Crippen LogP contribution in [0.15, 0.2) is 29.5 Å². The SMILES string of the molecule is CCCOc1cccc2c1C(=O)C1=C(O)[C@]3(O)C(=O)C(C(N)=O)C(O)[C@@H](N(C)C)[C@@H]3C[C@@H]1C2. The van der Waals surface area contributed by atoms with Crippen molar-refractivity contribution in [2.45, 2.75) is 43.9 Å². The molecule has 33 heavy (non-hydrogen) atoms. The number of amides is 1. The van der Waals surface area contributed by atoms with Crippen molar-refractivity contribution in [2.75, 3.05) is 20.7 Å². The number of primary amides is 1. The van der Waals surface area contributed by atoms with Gasteiger partial charge in [-0.2, -0.15) is 0 Å². The number of ether oxygens (including phenoxy) is 1. The lowest BCUT2D eigenvalue weighted by atomic mass is 9.56. The van der Waals surface area contributed by atoms with E-state index in [1.807, 2.05) is 13.0 Å². The number of likely N-dealkylation sites (N-methyl/N-ethyl adjacent to an activating group) is 1. The highest BCUT2D eigenvalue weighted by molar-refractivity contribution is 6.15. The molecule has 1 fully saturated rings. The van der Waals surface area contributed by atoms with E-state index in [0.29, 0.717) is 24.3 Å². The van der Waals surface area contributed by atoms with Crippen LogP contribution in [0.2, 0.25) is 0 Å². The van der Waals surface area contributed by atoms with Crippen molar-refractivity contribution in [1.82, 2.24) is 4.90 Å². The molecule has 0 heterocycles. The van der Waals surface area contributed by atoms with Crippen molar-refractivity contribution in [3.63, 3.8) is 0 Å². The molecular weight excluding hydrogens is 428 g/mol. The van der Waals surface area contributed by atoms with Gasteiger partial charge in [-0.15, -0.1) is 0 Å². The molecule has 0 aromatic heterocycles. The van der Waals surface area contributed by atoms with Crippen molar-refractivity contribution in [2.24, 2.45) is 23.5 Å². The summed E-state index contributed by atoms with van der Waals surface area (Å²) in [6.45, 7) is 2.35. The van der Waals surface area contributed by atoms with E-state index in [9.17, 15) is 29.7 Å². The van der Waals surface area contributed by atoms with Crippen LogP contribution in [0.1, 0.15) is 35.7 Å². The van der Waals surface area contributed by atoms with Gasteiger partial charge in [0.1, 0.15) is 17.4 Å². The van der Waals surface area contributed by atoms with Gasteiger partial charge in [0, 0.05) is 17.5 Å². The lowest BCUT2D eigenvalue weighted by molar-refractivity contribution is -0.178. The zero-order valence-corrected chi connectivity index (χ0v) is 18.9.